The largest absolute Gasteiger partial charge is 0.378 e. The lowest BCUT2D eigenvalue weighted by atomic mass is 10.1. The van der Waals surface area contributed by atoms with Gasteiger partial charge >= 0.3 is 0 Å². The number of aryl methyl sites for hydroxylation is 1. The van der Waals surface area contributed by atoms with Crippen LogP contribution in [0.15, 0.2) is 36.9 Å². The fourth-order valence-corrected chi connectivity index (χ4v) is 1.36. The third-order valence-corrected chi connectivity index (χ3v) is 2.31. The molecule has 0 unspecified atom stereocenters. The maximum Gasteiger partial charge on any atom is 0.155 e. The summed E-state index contributed by atoms with van der Waals surface area (Å²) in [6, 6.07) is 8.22. The number of hydrogen-bond donors (Lipinski definition) is 0. The minimum Gasteiger partial charge on any atom is -0.378 e. The predicted octanol–water partition coefficient (Wildman–Crippen LogP) is 2.44. The van der Waals surface area contributed by atoms with Crippen LogP contribution in [0.4, 0.5) is 5.69 Å². The van der Waals surface area contributed by atoms with E-state index in [2.05, 4.69) is 23.6 Å². The van der Waals surface area contributed by atoms with E-state index >= 15 is 0 Å². The van der Waals surface area contributed by atoms with E-state index in [0.29, 0.717) is 6.42 Å². The molecule has 80 valence electrons. The molecule has 0 N–H and O–H groups in total. The summed E-state index contributed by atoms with van der Waals surface area (Å²) in [6.07, 6.45) is 2.71. The molecular weight excluding hydrogens is 186 g/mol. The lowest BCUT2D eigenvalue weighted by molar-refractivity contribution is -0.114. The Balaban J connectivity index is 2.65. The first-order chi connectivity index (χ1) is 7.13. The topological polar surface area (TPSA) is 20.3 Å². The molecule has 0 atom stereocenters. The predicted molar refractivity (Wildman–Crippen MR) is 64.3 cm³/mol. The number of nitrogens with zero attached hydrogens (tertiary/aromatic N) is 1. The van der Waals surface area contributed by atoms with Gasteiger partial charge in [0.05, 0.1) is 0 Å². The number of carbonyl (C=O) groups is 1. The molecule has 1 aromatic rings. The third-order valence-electron chi connectivity index (χ3n) is 2.31. The van der Waals surface area contributed by atoms with E-state index in [1.165, 1.54) is 17.3 Å². The molecule has 2 heteroatoms. The Bertz CT molecular complexity index is 355. The average Bonchev–Trinajstić information content (AvgIpc) is 2.26. The zero-order valence-corrected chi connectivity index (χ0v) is 9.36. The Labute approximate surface area is 91.2 Å². The zero-order chi connectivity index (χ0) is 11.3. The second kappa shape index (κ2) is 5.35. The summed E-state index contributed by atoms with van der Waals surface area (Å²) < 4.78 is 0. The van der Waals surface area contributed by atoms with E-state index in [-0.39, 0.29) is 5.78 Å². The molecule has 0 aliphatic rings. The van der Waals surface area contributed by atoms with Crippen molar-refractivity contribution >= 4 is 11.5 Å². The van der Waals surface area contributed by atoms with Gasteiger partial charge in [0, 0.05) is 26.2 Å². The smallest absolute Gasteiger partial charge is 0.155 e. The maximum atomic E-state index is 11.1. The molecule has 0 aliphatic heterocycles. The Kier molecular flexibility index (Phi) is 4.10. The number of anilines is 1. The average molecular weight is 203 g/mol. The summed E-state index contributed by atoms with van der Waals surface area (Å²) in [6.45, 7) is 3.46. The van der Waals surface area contributed by atoms with Gasteiger partial charge in [-0.15, -0.1) is 0 Å². The van der Waals surface area contributed by atoms with Crippen LogP contribution < -0.4 is 4.90 Å². The molecule has 1 aromatic carbocycles. The highest BCUT2D eigenvalue weighted by Crippen LogP contribution is 2.14. The van der Waals surface area contributed by atoms with Crippen LogP contribution in [0.1, 0.15) is 12.0 Å². The van der Waals surface area contributed by atoms with Crippen molar-refractivity contribution in [1.82, 2.24) is 0 Å². The first-order valence-corrected chi connectivity index (χ1v) is 5.05. The first-order valence-electron chi connectivity index (χ1n) is 5.05. The number of ketones is 1. The molecule has 15 heavy (non-hydrogen) atoms. The second-order valence-corrected chi connectivity index (χ2v) is 3.73. The highest BCUT2D eigenvalue weighted by atomic mass is 16.1. The number of rotatable bonds is 5. The molecular formula is C13H17NO. The van der Waals surface area contributed by atoms with Crippen molar-refractivity contribution in [2.75, 3.05) is 19.0 Å². The molecule has 0 fully saturated rings. The van der Waals surface area contributed by atoms with Gasteiger partial charge < -0.3 is 4.90 Å². The summed E-state index contributed by atoms with van der Waals surface area (Å²) in [5, 5.41) is 0. The Hall–Kier alpha value is -1.57. The number of allylic oxidation sites excluding steroid dienone is 1. The molecule has 0 amide bonds. The molecule has 0 spiro atoms. The van der Waals surface area contributed by atoms with E-state index in [1.807, 2.05) is 26.2 Å². The van der Waals surface area contributed by atoms with Crippen LogP contribution in [-0.2, 0) is 11.2 Å². The third kappa shape index (κ3) is 3.58. The summed E-state index contributed by atoms with van der Waals surface area (Å²) in [7, 11) is 4.02. The van der Waals surface area contributed by atoms with Crippen molar-refractivity contribution in [3.8, 4) is 0 Å². The van der Waals surface area contributed by atoms with Crippen LogP contribution in [0, 0.1) is 0 Å². The summed E-state index contributed by atoms with van der Waals surface area (Å²) >= 11 is 0. The van der Waals surface area contributed by atoms with E-state index in [4.69, 9.17) is 0 Å². The van der Waals surface area contributed by atoms with E-state index in [0.717, 1.165) is 6.42 Å². The zero-order valence-electron chi connectivity index (χ0n) is 9.36. The Morgan fingerprint density at radius 3 is 2.80 bits per heavy atom. The molecule has 0 heterocycles. The van der Waals surface area contributed by atoms with Crippen LogP contribution in [0.3, 0.4) is 0 Å². The second-order valence-electron chi connectivity index (χ2n) is 3.73. The quantitative estimate of drug-likeness (QED) is 0.685. The Morgan fingerprint density at radius 2 is 2.20 bits per heavy atom. The van der Waals surface area contributed by atoms with E-state index in [1.54, 1.807) is 0 Å². The van der Waals surface area contributed by atoms with Crippen molar-refractivity contribution in [1.29, 1.82) is 0 Å². The lowest BCUT2D eigenvalue weighted by Crippen LogP contribution is -2.08. The van der Waals surface area contributed by atoms with Crippen LogP contribution in [0.25, 0.3) is 0 Å². The molecule has 0 radical (unpaired) electrons. The first kappa shape index (κ1) is 11.5. The minimum atomic E-state index is 0.102. The van der Waals surface area contributed by atoms with E-state index < -0.39 is 0 Å². The molecule has 0 saturated heterocycles. The fraction of sp³-hybridized carbons (Fsp3) is 0.308. The molecule has 1 rings (SSSR count). The highest BCUT2D eigenvalue weighted by Gasteiger charge is 2.00. The molecule has 0 aromatic heterocycles. The van der Waals surface area contributed by atoms with Crippen molar-refractivity contribution in [3.63, 3.8) is 0 Å². The van der Waals surface area contributed by atoms with Crippen LogP contribution >= 0.6 is 0 Å². The number of carbonyl (C=O) groups excluding carboxylic acids is 1. The number of benzene rings is 1. The summed E-state index contributed by atoms with van der Waals surface area (Å²) in [5.41, 5.74) is 2.36. The molecule has 0 saturated carbocycles. The van der Waals surface area contributed by atoms with Gasteiger partial charge in [-0.05, 0) is 30.2 Å². The molecule has 0 aliphatic carbocycles. The minimum absolute atomic E-state index is 0.102. The van der Waals surface area contributed by atoms with Crippen molar-refractivity contribution in [3.05, 3.63) is 42.5 Å². The number of hydrogen-bond acceptors (Lipinski definition) is 2. The summed E-state index contributed by atoms with van der Waals surface area (Å²) in [4.78, 5) is 13.1. The van der Waals surface area contributed by atoms with Crippen LogP contribution in [-0.4, -0.2) is 19.9 Å². The van der Waals surface area contributed by atoms with Crippen molar-refractivity contribution in [2.45, 2.75) is 12.8 Å². The normalized spacial score (nSPS) is 9.73. The lowest BCUT2D eigenvalue weighted by Gasteiger charge is -2.13. The maximum absolute atomic E-state index is 11.1. The van der Waals surface area contributed by atoms with Crippen LogP contribution in [0.5, 0.6) is 0 Å². The van der Waals surface area contributed by atoms with Gasteiger partial charge in [-0.2, -0.15) is 0 Å². The fourth-order valence-electron chi connectivity index (χ4n) is 1.36. The molecule has 0 bridgehead atoms. The van der Waals surface area contributed by atoms with Gasteiger partial charge in [-0.1, -0.05) is 18.7 Å². The summed E-state index contributed by atoms with van der Waals surface area (Å²) in [5.74, 6) is 0.102. The van der Waals surface area contributed by atoms with Crippen molar-refractivity contribution in [2.24, 2.45) is 0 Å². The monoisotopic (exact) mass is 203 g/mol. The van der Waals surface area contributed by atoms with Gasteiger partial charge in [0.15, 0.2) is 5.78 Å². The standard InChI is InChI=1S/C13H17NO/c1-4-13(15)9-8-11-6-5-7-12(10-11)14(2)3/h4-7,10H,1,8-9H2,2-3H3. The van der Waals surface area contributed by atoms with Gasteiger partial charge in [-0.3, -0.25) is 4.79 Å². The van der Waals surface area contributed by atoms with Gasteiger partial charge in [0.2, 0.25) is 0 Å². The highest BCUT2D eigenvalue weighted by molar-refractivity contribution is 5.89. The van der Waals surface area contributed by atoms with Gasteiger partial charge in [0.1, 0.15) is 0 Å². The molecule has 2 nitrogen and oxygen atoms in total. The van der Waals surface area contributed by atoms with E-state index in [9.17, 15) is 4.79 Å². The van der Waals surface area contributed by atoms with Gasteiger partial charge in [0.25, 0.3) is 0 Å². The Morgan fingerprint density at radius 1 is 1.47 bits per heavy atom. The van der Waals surface area contributed by atoms with Gasteiger partial charge in [-0.25, -0.2) is 0 Å². The SMILES string of the molecule is C=CC(=O)CCc1cccc(N(C)C)c1. The van der Waals surface area contributed by atoms with Crippen molar-refractivity contribution < 1.29 is 4.79 Å². The van der Waals surface area contributed by atoms with Crippen LogP contribution in [0.2, 0.25) is 0 Å².